The van der Waals surface area contributed by atoms with Gasteiger partial charge in [0.05, 0.1) is 11.3 Å². The number of aryl methyl sites for hydroxylation is 2. The molecular weight excluding hydrogens is 278 g/mol. The molecule has 0 unspecified atom stereocenters. The predicted molar refractivity (Wildman–Crippen MR) is 72.5 cm³/mol. The molecule has 0 fully saturated rings. The smallest absolute Gasteiger partial charge is 0.353 e. The molecule has 0 amide bonds. The molecule has 0 saturated carbocycles. The zero-order chi connectivity index (χ0) is 15.6. The van der Waals surface area contributed by atoms with Gasteiger partial charge in [0, 0.05) is 12.6 Å². The van der Waals surface area contributed by atoms with Crippen molar-refractivity contribution in [2.45, 2.75) is 13.3 Å². The molecule has 1 N–H and O–H groups in total. The van der Waals surface area contributed by atoms with Crippen molar-refractivity contribution >= 4 is 11.7 Å². The lowest BCUT2D eigenvalue weighted by atomic mass is 10.1. The first-order chi connectivity index (χ1) is 9.90. The Morgan fingerprint density at radius 3 is 2.76 bits per heavy atom. The van der Waals surface area contributed by atoms with Crippen molar-refractivity contribution in [2.24, 2.45) is 7.05 Å². The van der Waals surface area contributed by atoms with Crippen molar-refractivity contribution in [3.05, 3.63) is 45.6 Å². The highest BCUT2D eigenvalue weighted by Crippen LogP contribution is 2.34. The van der Waals surface area contributed by atoms with Crippen LogP contribution in [0.15, 0.2) is 24.3 Å². The van der Waals surface area contributed by atoms with Crippen molar-refractivity contribution in [2.75, 3.05) is 0 Å². The van der Waals surface area contributed by atoms with Crippen LogP contribution in [0, 0.1) is 17.0 Å². The number of nitro groups is 1. The van der Waals surface area contributed by atoms with E-state index in [0.29, 0.717) is 5.56 Å². The maximum Gasteiger partial charge on any atom is 0.353 e. The van der Waals surface area contributed by atoms with Gasteiger partial charge < -0.3 is 9.84 Å². The molecule has 2 rings (SSSR count). The Balaban J connectivity index is 2.44. The maximum absolute atomic E-state index is 11.1. The lowest BCUT2D eigenvalue weighted by Crippen LogP contribution is -2.04. The average molecular weight is 291 g/mol. The highest BCUT2D eigenvalue weighted by molar-refractivity contribution is 5.71. The standard InChI is InChI=1S/C13H13N3O5/c1-8-12(16(19)20)13(15(2)14-8)21-10-6-4-3-5-9(10)7-11(17)18/h3-6H,7H2,1-2H3,(H,17,18). The minimum atomic E-state index is -1.01. The van der Waals surface area contributed by atoms with E-state index in [-0.39, 0.29) is 29.4 Å². The summed E-state index contributed by atoms with van der Waals surface area (Å²) in [4.78, 5) is 21.4. The summed E-state index contributed by atoms with van der Waals surface area (Å²) in [5.74, 6) is -0.789. The second-order valence-electron chi connectivity index (χ2n) is 4.40. The molecule has 0 bridgehead atoms. The van der Waals surface area contributed by atoms with Crippen LogP contribution in [0.5, 0.6) is 11.6 Å². The second-order valence-corrected chi connectivity index (χ2v) is 4.40. The largest absolute Gasteiger partial charge is 0.481 e. The number of carboxylic acids is 1. The van der Waals surface area contributed by atoms with E-state index in [2.05, 4.69) is 5.10 Å². The Kier molecular flexibility index (Phi) is 3.88. The van der Waals surface area contributed by atoms with Crippen LogP contribution in [0.1, 0.15) is 11.3 Å². The molecule has 8 nitrogen and oxygen atoms in total. The highest BCUT2D eigenvalue weighted by Gasteiger charge is 2.26. The van der Waals surface area contributed by atoms with E-state index in [4.69, 9.17) is 9.84 Å². The van der Waals surface area contributed by atoms with Gasteiger partial charge in [-0.2, -0.15) is 5.10 Å². The lowest BCUT2D eigenvalue weighted by molar-refractivity contribution is -0.386. The quantitative estimate of drug-likeness (QED) is 0.667. The van der Waals surface area contributed by atoms with E-state index < -0.39 is 10.9 Å². The number of carbonyl (C=O) groups is 1. The summed E-state index contributed by atoms with van der Waals surface area (Å²) in [5.41, 5.74) is 0.425. The molecule has 110 valence electrons. The molecule has 2 aromatic rings. The Labute approximate surface area is 119 Å². The van der Waals surface area contributed by atoms with Crippen LogP contribution >= 0.6 is 0 Å². The van der Waals surface area contributed by atoms with Crippen LogP contribution in [0.2, 0.25) is 0 Å². The van der Waals surface area contributed by atoms with E-state index in [0.717, 1.165) is 0 Å². The molecule has 0 radical (unpaired) electrons. The average Bonchev–Trinajstić information content (AvgIpc) is 2.66. The minimum absolute atomic E-state index is 0.0321. The summed E-state index contributed by atoms with van der Waals surface area (Å²) < 4.78 is 6.80. The number of para-hydroxylation sites is 1. The predicted octanol–water partition coefficient (Wildman–Crippen LogP) is 2.06. The fourth-order valence-electron chi connectivity index (χ4n) is 1.97. The normalized spacial score (nSPS) is 10.4. The zero-order valence-electron chi connectivity index (χ0n) is 11.4. The monoisotopic (exact) mass is 291 g/mol. The van der Waals surface area contributed by atoms with E-state index in [1.807, 2.05) is 0 Å². The van der Waals surface area contributed by atoms with Gasteiger partial charge in [-0.3, -0.25) is 14.9 Å². The van der Waals surface area contributed by atoms with Gasteiger partial charge >= 0.3 is 11.7 Å². The van der Waals surface area contributed by atoms with Gasteiger partial charge in [0.15, 0.2) is 0 Å². The number of benzene rings is 1. The van der Waals surface area contributed by atoms with Crippen LogP contribution in [-0.4, -0.2) is 25.8 Å². The Morgan fingerprint density at radius 1 is 1.48 bits per heavy atom. The number of rotatable bonds is 5. The molecule has 0 aliphatic rings. The number of aliphatic carboxylic acids is 1. The second kappa shape index (κ2) is 5.61. The molecule has 1 heterocycles. The first-order valence-corrected chi connectivity index (χ1v) is 6.05. The molecule has 0 atom stereocenters. The zero-order valence-corrected chi connectivity index (χ0v) is 11.4. The fraction of sp³-hybridized carbons (Fsp3) is 0.231. The van der Waals surface area contributed by atoms with Crippen LogP contribution < -0.4 is 4.74 Å². The van der Waals surface area contributed by atoms with Crippen molar-refractivity contribution in [1.29, 1.82) is 0 Å². The third-order valence-electron chi connectivity index (χ3n) is 2.84. The number of nitrogens with zero attached hydrogens (tertiary/aromatic N) is 3. The van der Waals surface area contributed by atoms with E-state index in [1.54, 1.807) is 24.3 Å². The van der Waals surface area contributed by atoms with Crippen molar-refractivity contribution in [3.8, 4) is 11.6 Å². The Bertz CT molecular complexity index is 708. The van der Waals surface area contributed by atoms with Gasteiger partial charge in [-0.15, -0.1) is 0 Å². The van der Waals surface area contributed by atoms with Crippen LogP contribution in [0.3, 0.4) is 0 Å². The SMILES string of the molecule is Cc1nn(C)c(Oc2ccccc2CC(=O)O)c1[N+](=O)[O-]. The summed E-state index contributed by atoms with van der Waals surface area (Å²) in [5, 5.41) is 23.9. The third-order valence-corrected chi connectivity index (χ3v) is 2.84. The van der Waals surface area contributed by atoms with E-state index >= 15 is 0 Å². The van der Waals surface area contributed by atoms with Crippen LogP contribution in [-0.2, 0) is 18.3 Å². The molecule has 1 aromatic heterocycles. The van der Waals surface area contributed by atoms with Crippen molar-refractivity contribution in [1.82, 2.24) is 9.78 Å². The maximum atomic E-state index is 11.1. The number of carboxylic acid groups (broad SMARTS) is 1. The van der Waals surface area contributed by atoms with Crippen molar-refractivity contribution in [3.63, 3.8) is 0 Å². The van der Waals surface area contributed by atoms with Gasteiger partial charge in [-0.05, 0) is 13.0 Å². The van der Waals surface area contributed by atoms with Gasteiger partial charge in [-0.25, -0.2) is 4.68 Å². The van der Waals surface area contributed by atoms with Gasteiger partial charge in [-0.1, -0.05) is 18.2 Å². The minimum Gasteiger partial charge on any atom is -0.481 e. The van der Waals surface area contributed by atoms with Gasteiger partial charge in [0.1, 0.15) is 11.4 Å². The molecule has 21 heavy (non-hydrogen) atoms. The Morgan fingerprint density at radius 2 is 2.14 bits per heavy atom. The molecule has 0 saturated heterocycles. The Hall–Kier alpha value is -2.90. The lowest BCUT2D eigenvalue weighted by Gasteiger charge is -2.09. The van der Waals surface area contributed by atoms with E-state index in [9.17, 15) is 14.9 Å². The fourth-order valence-corrected chi connectivity index (χ4v) is 1.97. The van der Waals surface area contributed by atoms with Gasteiger partial charge in [0.2, 0.25) is 0 Å². The summed E-state index contributed by atoms with van der Waals surface area (Å²) in [6, 6.07) is 6.49. The molecule has 8 heteroatoms. The number of hydrogen-bond acceptors (Lipinski definition) is 5. The first kappa shape index (κ1) is 14.5. The number of hydrogen-bond donors (Lipinski definition) is 1. The topological polar surface area (TPSA) is 107 Å². The van der Waals surface area contributed by atoms with Crippen LogP contribution in [0.25, 0.3) is 0 Å². The third kappa shape index (κ3) is 2.99. The number of ether oxygens (including phenoxy) is 1. The van der Waals surface area contributed by atoms with Crippen molar-refractivity contribution < 1.29 is 19.6 Å². The summed E-state index contributed by atoms with van der Waals surface area (Å²) in [6.45, 7) is 1.51. The molecule has 0 aliphatic heterocycles. The number of aromatic nitrogens is 2. The first-order valence-electron chi connectivity index (χ1n) is 6.05. The molecule has 0 spiro atoms. The summed E-state index contributed by atoms with van der Waals surface area (Å²) in [7, 11) is 1.52. The molecule has 1 aromatic carbocycles. The van der Waals surface area contributed by atoms with Gasteiger partial charge in [0.25, 0.3) is 5.88 Å². The molecular formula is C13H13N3O5. The summed E-state index contributed by atoms with van der Waals surface area (Å²) >= 11 is 0. The van der Waals surface area contributed by atoms with E-state index in [1.165, 1.54) is 18.7 Å². The molecule has 0 aliphatic carbocycles. The highest BCUT2D eigenvalue weighted by atomic mass is 16.6. The summed E-state index contributed by atoms with van der Waals surface area (Å²) in [6.07, 6.45) is -0.235. The van der Waals surface area contributed by atoms with Crippen LogP contribution in [0.4, 0.5) is 5.69 Å².